The van der Waals surface area contributed by atoms with Crippen molar-refractivity contribution in [3.05, 3.63) is 112 Å². The molecule has 4 rings (SSSR count). The molecule has 37 heavy (non-hydrogen) atoms. The van der Waals surface area contributed by atoms with E-state index in [9.17, 15) is 9.59 Å². The third-order valence-corrected chi connectivity index (χ3v) is 6.94. The fraction of sp³-hybridized carbons (Fsp3) is 0.167. The fourth-order valence-corrected chi connectivity index (χ4v) is 4.98. The standard InChI is InChI=1S/C30H25BrClNO4/c1-19(34)37-29(18-27(31)25-8-3-4-9-26(25)30(35)36-2)22-7-5-6-20(16-22)10-14-24-15-12-21-11-13-23(32)17-28(21)33-24/h3-17,27,29H,18H2,1-2H3/t27-,29?/m0/s1. The van der Waals surface area contributed by atoms with Gasteiger partial charge in [0.25, 0.3) is 0 Å². The quantitative estimate of drug-likeness (QED) is 0.157. The number of nitrogens with zero attached hydrogens (tertiary/aromatic N) is 1. The lowest BCUT2D eigenvalue weighted by atomic mass is 9.96. The SMILES string of the molecule is COC(=O)c1ccccc1[C@@H](Br)CC(OC(C)=O)c1cccc(C=Cc2ccc3ccc(Cl)cc3n2)c1. The lowest BCUT2D eigenvalue weighted by Gasteiger charge is -2.22. The molecule has 0 amide bonds. The van der Waals surface area contributed by atoms with Gasteiger partial charge in [-0.1, -0.05) is 82.1 Å². The summed E-state index contributed by atoms with van der Waals surface area (Å²) in [6, 6.07) is 24.6. The Hall–Kier alpha value is -3.48. The average molecular weight is 579 g/mol. The monoisotopic (exact) mass is 577 g/mol. The van der Waals surface area contributed by atoms with E-state index in [-0.39, 0.29) is 10.8 Å². The van der Waals surface area contributed by atoms with Crippen molar-refractivity contribution in [3.8, 4) is 0 Å². The van der Waals surface area contributed by atoms with E-state index in [0.717, 1.165) is 33.3 Å². The number of methoxy groups -OCH3 is 1. The number of pyridine rings is 1. The summed E-state index contributed by atoms with van der Waals surface area (Å²) < 4.78 is 10.6. The van der Waals surface area contributed by atoms with Crippen molar-refractivity contribution in [1.29, 1.82) is 0 Å². The van der Waals surface area contributed by atoms with Crippen molar-refractivity contribution < 1.29 is 19.1 Å². The number of carbonyl (C=O) groups is 2. The van der Waals surface area contributed by atoms with Crippen LogP contribution in [0.4, 0.5) is 0 Å². The maximum absolute atomic E-state index is 12.2. The molecule has 0 bridgehead atoms. The summed E-state index contributed by atoms with van der Waals surface area (Å²) in [5, 5.41) is 1.66. The maximum Gasteiger partial charge on any atom is 0.338 e. The molecular formula is C30H25BrClNO4. The summed E-state index contributed by atoms with van der Waals surface area (Å²) in [7, 11) is 1.35. The topological polar surface area (TPSA) is 65.5 Å². The third-order valence-electron chi connectivity index (χ3n) is 5.84. The molecule has 1 heterocycles. The van der Waals surface area contributed by atoms with Crippen LogP contribution in [0.5, 0.6) is 0 Å². The summed E-state index contributed by atoms with van der Waals surface area (Å²) >= 11 is 9.81. The van der Waals surface area contributed by atoms with Crippen molar-refractivity contribution in [3.63, 3.8) is 0 Å². The van der Waals surface area contributed by atoms with Crippen LogP contribution in [0.15, 0.2) is 78.9 Å². The Labute approximate surface area is 229 Å². The Morgan fingerprint density at radius 3 is 2.57 bits per heavy atom. The van der Waals surface area contributed by atoms with Crippen LogP contribution in [0.2, 0.25) is 5.02 Å². The third kappa shape index (κ3) is 6.85. The van der Waals surface area contributed by atoms with Gasteiger partial charge in [0.05, 0.1) is 23.9 Å². The molecule has 0 fully saturated rings. The van der Waals surface area contributed by atoms with Crippen LogP contribution in [0, 0.1) is 0 Å². The Morgan fingerprint density at radius 1 is 1.00 bits per heavy atom. The van der Waals surface area contributed by atoms with E-state index in [2.05, 4.69) is 20.9 Å². The molecule has 4 aromatic rings. The zero-order valence-corrected chi connectivity index (χ0v) is 22.7. The lowest BCUT2D eigenvalue weighted by molar-refractivity contribution is -0.147. The molecule has 0 aliphatic carbocycles. The molecule has 2 atom stereocenters. The van der Waals surface area contributed by atoms with Crippen molar-refractivity contribution in [2.75, 3.05) is 7.11 Å². The minimum atomic E-state index is -0.526. The van der Waals surface area contributed by atoms with Gasteiger partial charge in [-0.05, 0) is 53.1 Å². The number of hydrogen-bond acceptors (Lipinski definition) is 5. The average Bonchev–Trinajstić information content (AvgIpc) is 2.90. The zero-order chi connectivity index (χ0) is 26.4. The second-order valence-corrected chi connectivity index (χ2v) is 10.00. The molecule has 0 spiro atoms. The van der Waals surface area contributed by atoms with E-state index in [1.54, 1.807) is 12.1 Å². The van der Waals surface area contributed by atoms with Crippen LogP contribution in [0.3, 0.4) is 0 Å². The highest BCUT2D eigenvalue weighted by molar-refractivity contribution is 9.09. The normalized spacial score (nSPS) is 12.9. The van der Waals surface area contributed by atoms with E-state index < -0.39 is 12.1 Å². The zero-order valence-electron chi connectivity index (χ0n) is 20.4. The number of rotatable bonds is 8. The van der Waals surface area contributed by atoms with E-state index in [1.807, 2.05) is 78.9 Å². The number of carbonyl (C=O) groups excluding carboxylic acids is 2. The molecule has 188 valence electrons. The van der Waals surface area contributed by atoms with Crippen LogP contribution in [0.1, 0.15) is 57.0 Å². The lowest BCUT2D eigenvalue weighted by Crippen LogP contribution is -2.13. The summed E-state index contributed by atoms with van der Waals surface area (Å²) in [5.74, 6) is -0.799. The number of aromatic nitrogens is 1. The predicted octanol–water partition coefficient (Wildman–Crippen LogP) is 7.98. The molecular weight excluding hydrogens is 554 g/mol. The van der Waals surface area contributed by atoms with Gasteiger partial charge < -0.3 is 9.47 Å². The number of fused-ring (bicyclic) bond motifs is 1. The van der Waals surface area contributed by atoms with Gasteiger partial charge in [-0.25, -0.2) is 9.78 Å². The highest BCUT2D eigenvalue weighted by atomic mass is 79.9. The number of esters is 2. The first-order chi connectivity index (χ1) is 17.8. The molecule has 0 aliphatic rings. The first-order valence-corrected chi connectivity index (χ1v) is 13.0. The predicted molar refractivity (Wildman–Crippen MR) is 151 cm³/mol. The van der Waals surface area contributed by atoms with Gasteiger partial charge in [-0.3, -0.25) is 4.79 Å². The van der Waals surface area contributed by atoms with Gasteiger partial charge in [0, 0.05) is 28.6 Å². The van der Waals surface area contributed by atoms with Gasteiger partial charge in [-0.2, -0.15) is 0 Å². The maximum atomic E-state index is 12.2. The smallest absolute Gasteiger partial charge is 0.338 e. The number of benzene rings is 3. The van der Waals surface area contributed by atoms with Crippen molar-refractivity contribution in [2.24, 2.45) is 0 Å². The van der Waals surface area contributed by atoms with E-state index in [1.165, 1.54) is 14.0 Å². The van der Waals surface area contributed by atoms with Crippen molar-refractivity contribution in [2.45, 2.75) is 24.3 Å². The summed E-state index contributed by atoms with van der Waals surface area (Å²) in [6.07, 6.45) is 3.79. The number of alkyl halides is 1. The van der Waals surface area contributed by atoms with E-state index in [0.29, 0.717) is 17.0 Å². The van der Waals surface area contributed by atoms with Crippen LogP contribution in [-0.4, -0.2) is 24.0 Å². The van der Waals surface area contributed by atoms with Crippen LogP contribution in [-0.2, 0) is 14.3 Å². The molecule has 1 unspecified atom stereocenters. The van der Waals surface area contributed by atoms with Crippen LogP contribution >= 0.6 is 27.5 Å². The van der Waals surface area contributed by atoms with Crippen LogP contribution in [0.25, 0.3) is 23.1 Å². The van der Waals surface area contributed by atoms with Gasteiger partial charge in [-0.15, -0.1) is 0 Å². The summed E-state index contributed by atoms with van der Waals surface area (Å²) in [4.78, 5) is 28.6. The van der Waals surface area contributed by atoms with Gasteiger partial charge in [0.2, 0.25) is 0 Å². The Balaban J connectivity index is 1.58. The van der Waals surface area contributed by atoms with E-state index in [4.69, 9.17) is 21.1 Å². The van der Waals surface area contributed by atoms with Gasteiger partial charge in [0.1, 0.15) is 6.10 Å². The minimum absolute atomic E-state index is 0.250. The fourth-order valence-electron chi connectivity index (χ4n) is 4.08. The molecule has 0 saturated carbocycles. The largest absolute Gasteiger partial charge is 0.465 e. The first-order valence-electron chi connectivity index (χ1n) is 11.7. The second-order valence-electron chi connectivity index (χ2n) is 8.46. The number of hydrogen-bond donors (Lipinski definition) is 0. The highest BCUT2D eigenvalue weighted by Gasteiger charge is 2.24. The molecule has 0 aliphatic heterocycles. The number of ether oxygens (including phenoxy) is 2. The summed E-state index contributed by atoms with van der Waals surface area (Å²) in [6.45, 7) is 1.39. The van der Waals surface area contributed by atoms with Crippen molar-refractivity contribution >= 4 is 62.5 Å². The van der Waals surface area contributed by atoms with Gasteiger partial charge in [0.15, 0.2) is 0 Å². The van der Waals surface area contributed by atoms with Crippen LogP contribution < -0.4 is 0 Å². The first kappa shape index (κ1) is 26.6. The Morgan fingerprint density at radius 2 is 1.78 bits per heavy atom. The molecule has 3 aromatic carbocycles. The molecule has 0 radical (unpaired) electrons. The van der Waals surface area contributed by atoms with Gasteiger partial charge >= 0.3 is 11.9 Å². The number of halogens is 2. The molecule has 0 N–H and O–H groups in total. The van der Waals surface area contributed by atoms with Crippen molar-refractivity contribution in [1.82, 2.24) is 4.98 Å². The molecule has 7 heteroatoms. The summed E-state index contributed by atoms with van der Waals surface area (Å²) in [5.41, 5.74) is 4.64. The van der Waals surface area contributed by atoms with E-state index >= 15 is 0 Å². The molecule has 0 saturated heterocycles. The second kappa shape index (κ2) is 12.2. The minimum Gasteiger partial charge on any atom is -0.465 e. The highest BCUT2D eigenvalue weighted by Crippen LogP contribution is 2.37. The molecule has 5 nitrogen and oxygen atoms in total. The Kier molecular flexibility index (Phi) is 8.74. The molecule has 1 aromatic heterocycles. The Bertz CT molecular complexity index is 1470.